The lowest BCUT2D eigenvalue weighted by Gasteiger charge is -2.19. The van der Waals surface area contributed by atoms with E-state index in [1.54, 1.807) is 30.1 Å². The first-order valence-electron chi connectivity index (χ1n) is 6.50. The van der Waals surface area contributed by atoms with Gasteiger partial charge < -0.3 is 10.1 Å². The van der Waals surface area contributed by atoms with E-state index in [4.69, 9.17) is 11.6 Å². The summed E-state index contributed by atoms with van der Waals surface area (Å²) in [7, 11) is 1.77. The molecule has 1 unspecified atom stereocenters. The molecule has 1 aromatic carbocycles. The van der Waals surface area contributed by atoms with Gasteiger partial charge in [-0.15, -0.1) is 0 Å². The van der Waals surface area contributed by atoms with Gasteiger partial charge in [0, 0.05) is 6.54 Å². The van der Waals surface area contributed by atoms with Crippen LogP contribution in [0.15, 0.2) is 30.5 Å². The monoisotopic (exact) mass is 315 g/mol. The summed E-state index contributed by atoms with van der Waals surface area (Å²) in [5.74, 6) is 0.112. The van der Waals surface area contributed by atoms with Gasteiger partial charge in [0.2, 0.25) is 0 Å². The quantitative estimate of drug-likeness (QED) is 0.887. The van der Waals surface area contributed by atoms with Crippen molar-refractivity contribution in [2.75, 3.05) is 7.05 Å². The van der Waals surface area contributed by atoms with Gasteiger partial charge in [0.15, 0.2) is 0 Å². The van der Waals surface area contributed by atoms with Gasteiger partial charge in [0.25, 0.3) is 0 Å². The van der Waals surface area contributed by atoms with Crippen LogP contribution in [0.5, 0.6) is 5.75 Å². The summed E-state index contributed by atoms with van der Waals surface area (Å²) in [6.45, 7) is -0.235. The molecule has 0 saturated carbocycles. The van der Waals surface area contributed by atoms with Crippen LogP contribution in [0.3, 0.4) is 0 Å². The Kier molecular flexibility index (Phi) is 5.14. The molecule has 0 fully saturated rings. The predicted molar refractivity (Wildman–Crippen MR) is 76.9 cm³/mol. The topological polar surface area (TPSA) is 39.1 Å². The van der Waals surface area contributed by atoms with Crippen LogP contribution in [0.1, 0.15) is 24.2 Å². The molecule has 0 amide bonds. The molecule has 21 heavy (non-hydrogen) atoms. The molecule has 0 aliphatic carbocycles. The highest BCUT2D eigenvalue weighted by Crippen LogP contribution is 2.30. The summed E-state index contributed by atoms with van der Waals surface area (Å²) in [5, 5.41) is 7.85. The highest BCUT2D eigenvalue weighted by atomic mass is 35.5. The number of nitrogens with one attached hydrogen (secondary N) is 1. The SMILES string of the molecule is CCn1ncc(Cl)c1C(NC)c1cccc(OC(F)F)c1. The van der Waals surface area contributed by atoms with Gasteiger partial charge in [-0.25, -0.2) is 0 Å². The molecule has 0 aliphatic rings. The Labute approximate surface area is 126 Å². The van der Waals surface area contributed by atoms with Crippen LogP contribution in [0, 0.1) is 0 Å². The number of halogens is 3. The van der Waals surface area contributed by atoms with E-state index in [2.05, 4.69) is 15.2 Å². The lowest BCUT2D eigenvalue weighted by atomic mass is 10.0. The van der Waals surface area contributed by atoms with Crippen molar-refractivity contribution >= 4 is 11.6 Å². The lowest BCUT2D eigenvalue weighted by Crippen LogP contribution is -2.22. The Morgan fingerprint density at radius 2 is 2.19 bits per heavy atom. The van der Waals surface area contributed by atoms with Crippen molar-refractivity contribution in [1.82, 2.24) is 15.1 Å². The molecule has 4 nitrogen and oxygen atoms in total. The van der Waals surface area contributed by atoms with Crippen molar-refractivity contribution in [3.63, 3.8) is 0 Å². The van der Waals surface area contributed by atoms with Gasteiger partial charge in [0.1, 0.15) is 5.75 Å². The number of ether oxygens (including phenoxy) is 1. The molecule has 2 aromatic rings. The molecule has 1 N–H and O–H groups in total. The number of nitrogens with zero attached hydrogens (tertiary/aromatic N) is 2. The van der Waals surface area contributed by atoms with Crippen LogP contribution in [0.2, 0.25) is 5.02 Å². The van der Waals surface area contributed by atoms with Crippen molar-refractivity contribution in [2.45, 2.75) is 26.1 Å². The van der Waals surface area contributed by atoms with E-state index < -0.39 is 6.61 Å². The fourth-order valence-electron chi connectivity index (χ4n) is 2.24. The summed E-state index contributed by atoms with van der Waals surface area (Å²) in [6, 6.07) is 6.28. The van der Waals surface area contributed by atoms with Gasteiger partial charge in [-0.1, -0.05) is 23.7 Å². The van der Waals surface area contributed by atoms with Gasteiger partial charge in [-0.2, -0.15) is 13.9 Å². The number of aryl methyl sites for hydroxylation is 1. The van der Waals surface area contributed by atoms with Crippen LogP contribution in [-0.4, -0.2) is 23.4 Å². The minimum Gasteiger partial charge on any atom is -0.435 e. The number of hydrogen-bond donors (Lipinski definition) is 1. The third-order valence-corrected chi connectivity index (χ3v) is 3.40. The maximum absolute atomic E-state index is 12.3. The minimum atomic E-state index is -2.85. The maximum Gasteiger partial charge on any atom is 0.387 e. The second-order valence-electron chi connectivity index (χ2n) is 4.37. The smallest absolute Gasteiger partial charge is 0.387 e. The molecule has 7 heteroatoms. The van der Waals surface area contributed by atoms with E-state index in [1.807, 2.05) is 13.0 Å². The largest absolute Gasteiger partial charge is 0.435 e. The molecule has 1 atom stereocenters. The van der Waals surface area contributed by atoms with E-state index in [1.165, 1.54) is 6.07 Å². The first-order valence-corrected chi connectivity index (χ1v) is 6.87. The third kappa shape index (κ3) is 3.51. The van der Waals surface area contributed by atoms with Crippen LogP contribution in [-0.2, 0) is 6.54 Å². The van der Waals surface area contributed by atoms with E-state index in [0.717, 1.165) is 11.3 Å². The number of aromatic nitrogens is 2. The Bertz CT molecular complexity index is 604. The highest BCUT2D eigenvalue weighted by molar-refractivity contribution is 6.31. The van der Waals surface area contributed by atoms with Crippen LogP contribution >= 0.6 is 11.6 Å². The van der Waals surface area contributed by atoms with Gasteiger partial charge in [-0.05, 0) is 31.7 Å². The summed E-state index contributed by atoms with van der Waals surface area (Å²) in [5.41, 5.74) is 1.56. The van der Waals surface area contributed by atoms with E-state index >= 15 is 0 Å². The fraction of sp³-hybridized carbons (Fsp3) is 0.357. The molecule has 2 rings (SSSR count). The van der Waals surface area contributed by atoms with Gasteiger partial charge in [-0.3, -0.25) is 4.68 Å². The van der Waals surface area contributed by atoms with E-state index in [0.29, 0.717) is 11.6 Å². The Hall–Kier alpha value is -1.66. The Morgan fingerprint density at radius 1 is 1.43 bits per heavy atom. The Morgan fingerprint density at radius 3 is 2.81 bits per heavy atom. The van der Waals surface area contributed by atoms with Crippen molar-refractivity contribution < 1.29 is 13.5 Å². The molecule has 114 valence electrons. The zero-order valence-electron chi connectivity index (χ0n) is 11.7. The standard InChI is InChI=1S/C14H16ClF2N3O/c1-3-20-13(11(15)8-19-20)12(18-2)9-5-4-6-10(7-9)21-14(16)17/h4-8,12,14,18H,3H2,1-2H3. The molecule has 0 spiro atoms. The maximum atomic E-state index is 12.3. The van der Waals surface area contributed by atoms with Gasteiger partial charge >= 0.3 is 6.61 Å². The van der Waals surface area contributed by atoms with Crippen molar-refractivity contribution in [2.24, 2.45) is 0 Å². The summed E-state index contributed by atoms with van der Waals surface area (Å²) >= 11 is 6.20. The minimum absolute atomic E-state index is 0.112. The molecule has 0 bridgehead atoms. The summed E-state index contributed by atoms with van der Waals surface area (Å²) in [6.07, 6.45) is 1.57. The van der Waals surface area contributed by atoms with Crippen LogP contribution in [0.4, 0.5) is 8.78 Å². The van der Waals surface area contributed by atoms with Crippen LogP contribution in [0.25, 0.3) is 0 Å². The van der Waals surface area contributed by atoms with Crippen molar-refractivity contribution in [1.29, 1.82) is 0 Å². The van der Waals surface area contributed by atoms with Crippen LogP contribution < -0.4 is 10.1 Å². The zero-order valence-corrected chi connectivity index (χ0v) is 12.4. The van der Waals surface area contributed by atoms with E-state index in [-0.39, 0.29) is 11.8 Å². The molecule has 0 radical (unpaired) electrons. The van der Waals surface area contributed by atoms with Crippen molar-refractivity contribution in [3.05, 3.63) is 46.7 Å². The molecule has 1 aromatic heterocycles. The normalized spacial score (nSPS) is 12.7. The van der Waals surface area contributed by atoms with Gasteiger partial charge in [0.05, 0.1) is 23.0 Å². The Balaban J connectivity index is 2.39. The predicted octanol–water partition coefficient (Wildman–Crippen LogP) is 3.47. The zero-order chi connectivity index (χ0) is 15.4. The number of hydrogen-bond acceptors (Lipinski definition) is 3. The highest BCUT2D eigenvalue weighted by Gasteiger charge is 2.21. The first-order chi connectivity index (χ1) is 10.1. The lowest BCUT2D eigenvalue weighted by molar-refractivity contribution is -0.0498. The average Bonchev–Trinajstić information content (AvgIpc) is 2.81. The van der Waals surface area contributed by atoms with E-state index in [9.17, 15) is 8.78 Å². The number of rotatable bonds is 6. The molecule has 1 heterocycles. The second-order valence-corrected chi connectivity index (χ2v) is 4.77. The molecular formula is C14H16ClF2N3O. The molecule has 0 aliphatic heterocycles. The number of alkyl halides is 2. The number of benzene rings is 1. The molecular weight excluding hydrogens is 300 g/mol. The molecule has 0 saturated heterocycles. The summed E-state index contributed by atoms with van der Waals surface area (Å²) in [4.78, 5) is 0. The fourth-order valence-corrected chi connectivity index (χ4v) is 2.49. The first kappa shape index (κ1) is 15.7. The average molecular weight is 316 g/mol. The summed E-state index contributed by atoms with van der Waals surface area (Å²) < 4.78 is 30.8. The second kappa shape index (κ2) is 6.87. The van der Waals surface area contributed by atoms with Crippen molar-refractivity contribution in [3.8, 4) is 5.75 Å². The third-order valence-electron chi connectivity index (χ3n) is 3.11.